The first-order valence-corrected chi connectivity index (χ1v) is 12.9. The van der Waals surface area contributed by atoms with E-state index in [0.29, 0.717) is 5.69 Å². The van der Waals surface area contributed by atoms with Crippen molar-refractivity contribution in [3.05, 3.63) is 77.9 Å². The van der Waals surface area contributed by atoms with E-state index in [0.717, 1.165) is 27.0 Å². The number of thiazole rings is 1. The van der Waals surface area contributed by atoms with Gasteiger partial charge in [-0.25, -0.2) is 18.2 Å². The Balaban J connectivity index is 1.37. The number of aryl methyl sites for hydroxylation is 1. The minimum absolute atomic E-state index is 0.0103. The lowest BCUT2D eigenvalue weighted by atomic mass is 10.2. The first-order valence-electron chi connectivity index (χ1n) is 10.2. The minimum atomic E-state index is -3.58. The maximum Gasteiger partial charge on any atom is 0.340 e. The van der Waals surface area contributed by atoms with E-state index in [1.807, 2.05) is 31.2 Å². The molecule has 3 aromatic carbocycles. The molecule has 4 rings (SSSR count). The zero-order chi connectivity index (χ0) is 24.3. The second-order valence-electron chi connectivity index (χ2n) is 7.61. The second-order valence-corrected chi connectivity index (χ2v) is 10.4. The number of aromatic nitrogens is 1. The molecule has 174 valence electrons. The lowest BCUT2D eigenvalue weighted by Gasteiger charge is -2.11. The lowest BCUT2D eigenvalue weighted by Crippen LogP contribution is -2.21. The Morgan fingerprint density at radius 3 is 2.50 bits per heavy atom. The van der Waals surface area contributed by atoms with Crippen molar-refractivity contribution in [1.82, 2.24) is 4.98 Å². The molecule has 0 aliphatic carbocycles. The van der Waals surface area contributed by atoms with E-state index < -0.39 is 28.5 Å². The van der Waals surface area contributed by atoms with Gasteiger partial charge in [0.05, 0.1) is 27.7 Å². The number of nitrogens with zero attached hydrogens (tertiary/aromatic N) is 1. The second kappa shape index (κ2) is 9.62. The number of hydrogen-bond donors (Lipinski definition) is 2. The quantitative estimate of drug-likeness (QED) is 0.367. The molecular formula is C24H21N3O5S2. The van der Waals surface area contributed by atoms with Crippen LogP contribution in [0.4, 0.5) is 11.4 Å². The first kappa shape index (κ1) is 23.4. The predicted molar refractivity (Wildman–Crippen MR) is 134 cm³/mol. The SMILES string of the molecule is Cc1ccc2nc(-c3ccc(NC(=O)COC(=O)c4ccccc4NS(C)(=O)=O)cc3)sc2c1. The summed E-state index contributed by atoms with van der Waals surface area (Å²) >= 11 is 1.60. The summed E-state index contributed by atoms with van der Waals surface area (Å²) in [6.45, 7) is 1.52. The van der Waals surface area contributed by atoms with Gasteiger partial charge in [-0.2, -0.15) is 0 Å². The Labute approximate surface area is 200 Å². The summed E-state index contributed by atoms with van der Waals surface area (Å²) in [5.41, 5.74) is 3.68. The van der Waals surface area contributed by atoms with Crippen LogP contribution in [0.3, 0.4) is 0 Å². The molecule has 1 amide bonds. The number of rotatable bonds is 7. The number of nitrogens with one attached hydrogen (secondary N) is 2. The molecule has 0 spiro atoms. The number of fused-ring (bicyclic) bond motifs is 1. The van der Waals surface area contributed by atoms with E-state index in [2.05, 4.69) is 21.1 Å². The third-order valence-corrected chi connectivity index (χ3v) is 6.39. The fraction of sp³-hybridized carbons (Fsp3) is 0.125. The van der Waals surface area contributed by atoms with Crippen LogP contribution in [-0.2, 0) is 19.6 Å². The van der Waals surface area contributed by atoms with Crippen LogP contribution >= 0.6 is 11.3 Å². The standard InChI is InChI=1S/C24H21N3O5S2/c1-15-7-12-20-21(13-15)33-23(26-20)16-8-10-17(11-9-16)25-22(28)14-32-24(29)18-5-3-4-6-19(18)27-34(2,30)31/h3-13,27H,14H2,1-2H3,(H,25,28). The van der Waals surface area contributed by atoms with Crippen molar-refractivity contribution in [2.75, 3.05) is 22.9 Å². The van der Waals surface area contributed by atoms with Crippen molar-refractivity contribution < 1.29 is 22.7 Å². The Kier molecular flexibility index (Phi) is 6.62. The van der Waals surface area contributed by atoms with Crippen molar-refractivity contribution in [2.24, 2.45) is 0 Å². The fourth-order valence-electron chi connectivity index (χ4n) is 3.21. The number of carbonyl (C=O) groups is 2. The van der Waals surface area contributed by atoms with Gasteiger partial charge in [-0.15, -0.1) is 11.3 Å². The number of benzene rings is 3. The van der Waals surface area contributed by atoms with Crippen LogP contribution in [0.2, 0.25) is 0 Å². The van der Waals surface area contributed by atoms with Crippen LogP contribution in [0, 0.1) is 6.92 Å². The number of anilines is 2. The van der Waals surface area contributed by atoms with Crippen LogP contribution in [-0.4, -0.2) is 38.1 Å². The molecule has 0 radical (unpaired) electrons. The van der Waals surface area contributed by atoms with Crippen LogP contribution < -0.4 is 10.0 Å². The zero-order valence-electron chi connectivity index (χ0n) is 18.4. The van der Waals surface area contributed by atoms with Crippen molar-refractivity contribution in [3.8, 4) is 10.6 Å². The summed E-state index contributed by atoms with van der Waals surface area (Å²) in [5.74, 6) is -1.34. The van der Waals surface area contributed by atoms with Crippen LogP contribution in [0.25, 0.3) is 20.8 Å². The van der Waals surface area contributed by atoms with Crippen LogP contribution in [0.15, 0.2) is 66.7 Å². The van der Waals surface area contributed by atoms with Gasteiger partial charge in [-0.3, -0.25) is 9.52 Å². The average Bonchev–Trinajstić information content (AvgIpc) is 3.20. The number of ether oxygens (including phenoxy) is 1. The number of sulfonamides is 1. The molecule has 2 N–H and O–H groups in total. The first-order chi connectivity index (χ1) is 16.2. The molecule has 8 nitrogen and oxygen atoms in total. The molecule has 4 aromatic rings. The van der Waals surface area contributed by atoms with Gasteiger partial charge in [-0.1, -0.05) is 18.2 Å². The Hall–Kier alpha value is -3.76. The van der Waals surface area contributed by atoms with E-state index in [4.69, 9.17) is 4.74 Å². The maximum absolute atomic E-state index is 12.4. The largest absolute Gasteiger partial charge is 0.452 e. The summed E-state index contributed by atoms with van der Waals surface area (Å²) in [6, 6.07) is 19.3. The predicted octanol–water partition coefficient (Wildman–Crippen LogP) is 4.44. The minimum Gasteiger partial charge on any atom is -0.452 e. The van der Waals surface area contributed by atoms with Gasteiger partial charge in [0, 0.05) is 11.3 Å². The topological polar surface area (TPSA) is 114 Å². The van der Waals surface area contributed by atoms with Crippen LogP contribution in [0.5, 0.6) is 0 Å². The molecule has 0 saturated heterocycles. The summed E-state index contributed by atoms with van der Waals surface area (Å²) in [4.78, 5) is 29.3. The molecule has 0 bridgehead atoms. The van der Waals surface area contributed by atoms with Crippen molar-refractivity contribution in [3.63, 3.8) is 0 Å². The van der Waals surface area contributed by atoms with E-state index in [1.54, 1.807) is 35.6 Å². The van der Waals surface area contributed by atoms with Gasteiger partial charge in [0.15, 0.2) is 6.61 Å². The molecule has 0 fully saturated rings. The summed E-state index contributed by atoms with van der Waals surface area (Å²) < 4.78 is 31.4. The highest BCUT2D eigenvalue weighted by molar-refractivity contribution is 7.92. The summed E-state index contributed by atoms with van der Waals surface area (Å²) in [5, 5.41) is 3.55. The molecule has 10 heteroatoms. The highest BCUT2D eigenvalue weighted by Gasteiger charge is 2.16. The molecule has 0 aliphatic rings. The summed E-state index contributed by atoms with van der Waals surface area (Å²) in [7, 11) is -3.58. The van der Waals surface area contributed by atoms with Gasteiger partial charge in [0.25, 0.3) is 5.91 Å². The molecule has 1 aromatic heterocycles. The molecular weight excluding hydrogens is 474 g/mol. The van der Waals surface area contributed by atoms with Gasteiger partial charge in [-0.05, 0) is 61.0 Å². The number of hydrogen-bond acceptors (Lipinski definition) is 7. The van der Waals surface area contributed by atoms with Crippen molar-refractivity contribution in [1.29, 1.82) is 0 Å². The summed E-state index contributed by atoms with van der Waals surface area (Å²) in [6.07, 6.45) is 0.978. The molecule has 0 unspecified atom stereocenters. The van der Waals surface area contributed by atoms with E-state index in [-0.39, 0.29) is 11.3 Å². The van der Waals surface area contributed by atoms with Crippen molar-refractivity contribution >= 4 is 54.8 Å². The Morgan fingerprint density at radius 2 is 1.76 bits per heavy atom. The van der Waals surface area contributed by atoms with Gasteiger partial charge in [0.2, 0.25) is 10.0 Å². The smallest absolute Gasteiger partial charge is 0.340 e. The zero-order valence-corrected chi connectivity index (χ0v) is 20.0. The highest BCUT2D eigenvalue weighted by atomic mass is 32.2. The van der Waals surface area contributed by atoms with E-state index in [1.165, 1.54) is 17.7 Å². The molecule has 0 saturated carbocycles. The lowest BCUT2D eigenvalue weighted by molar-refractivity contribution is -0.119. The average molecular weight is 496 g/mol. The fourth-order valence-corrected chi connectivity index (χ4v) is 4.85. The maximum atomic E-state index is 12.4. The Morgan fingerprint density at radius 1 is 1.03 bits per heavy atom. The highest BCUT2D eigenvalue weighted by Crippen LogP contribution is 2.31. The molecule has 0 aliphatic heterocycles. The Bertz CT molecular complexity index is 1480. The van der Waals surface area contributed by atoms with Crippen molar-refractivity contribution in [2.45, 2.75) is 6.92 Å². The number of para-hydroxylation sites is 1. The molecule has 0 atom stereocenters. The molecule has 34 heavy (non-hydrogen) atoms. The van der Waals surface area contributed by atoms with E-state index >= 15 is 0 Å². The number of carbonyl (C=O) groups excluding carboxylic acids is 2. The van der Waals surface area contributed by atoms with Crippen LogP contribution in [0.1, 0.15) is 15.9 Å². The van der Waals surface area contributed by atoms with Gasteiger partial charge < -0.3 is 10.1 Å². The number of amides is 1. The third kappa shape index (κ3) is 5.77. The monoisotopic (exact) mass is 495 g/mol. The third-order valence-electron chi connectivity index (χ3n) is 4.74. The number of esters is 1. The van der Waals surface area contributed by atoms with Gasteiger partial charge in [0.1, 0.15) is 5.01 Å². The normalized spacial score (nSPS) is 11.2. The van der Waals surface area contributed by atoms with Gasteiger partial charge >= 0.3 is 5.97 Å². The van der Waals surface area contributed by atoms with E-state index in [9.17, 15) is 18.0 Å². The molecule has 1 heterocycles.